The maximum Gasteiger partial charge on any atom is 0.229 e. The lowest BCUT2D eigenvalue weighted by atomic mass is 9.89. The van der Waals surface area contributed by atoms with Crippen LogP contribution >= 0.6 is 0 Å². The number of carbonyl (C=O) groups is 1. The zero-order chi connectivity index (χ0) is 23.4. The fraction of sp³-hybridized carbons (Fsp3) is 0.227. The van der Waals surface area contributed by atoms with Crippen LogP contribution in [0.3, 0.4) is 0 Å². The van der Waals surface area contributed by atoms with Crippen molar-refractivity contribution >= 4 is 34.6 Å². The normalized spacial score (nSPS) is 12.5. The zero-order valence-electron chi connectivity index (χ0n) is 18.0. The van der Waals surface area contributed by atoms with Gasteiger partial charge in [-0.15, -0.1) is 4.91 Å². The highest BCUT2D eigenvalue weighted by molar-refractivity contribution is 6.04. The number of anilines is 4. The summed E-state index contributed by atoms with van der Waals surface area (Å²) in [6.45, 7) is 0. The van der Waals surface area contributed by atoms with Crippen LogP contribution in [0.5, 0.6) is 17.2 Å². The third-order valence-corrected chi connectivity index (χ3v) is 5.23. The molecular formula is C22H22N6O5. The van der Waals surface area contributed by atoms with Crippen molar-refractivity contribution in [3.05, 3.63) is 52.6 Å². The molecule has 33 heavy (non-hydrogen) atoms. The summed E-state index contributed by atoms with van der Waals surface area (Å²) in [5.74, 6) is 6.65. The molecule has 4 rings (SSSR count). The van der Waals surface area contributed by atoms with Crippen LogP contribution in [0, 0.1) is 4.91 Å². The number of aryl methyl sites for hydroxylation is 1. The summed E-state index contributed by atoms with van der Waals surface area (Å²) in [5, 5.41) is 9.09. The van der Waals surface area contributed by atoms with Crippen molar-refractivity contribution in [2.24, 2.45) is 11.1 Å². The molecule has 1 heterocycles. The maximum absolute atomic E-state index is 12.5. The average Bonchev–Trinajstić information content (AvgIpc) is 2.83. The van der Waals surface area contributed by atoms with Crippen molar-refractivity contribution in [3.63, 3.8) is 0 Å². The van der Waals surface area contributed by atoms with E-state index >= 15 is 0 Å². The molecule has 1 aliphatic carbocycles. The Morgan fingerprint density at radius 1 is 1.09 bits per heavy atom. The van der Waals surface area contributed by atoms with Crippen molar-refractivity contribution in [2.45, 2.75) is 19.3 Å². The first-order valence-electron chi connectivity index (χ1n) is 10.1. The van der Waals surface area contributed by atoms with Gasteiger partial charge >= 0.3 is 0 Å². The van der Waals surface area contributed by atoms with E-state index in [1.54, 1.807) is 18.2 Å². The van der Waals surface area contributed by atoms with Crippen LogP contribution in [0.15, 0.2) is 41.7 Å². The highest BCUT2D eigenvalue weighted by Gasteiger charge is 2.22. The number of ether oxygens (including phenoxy) is 2. The van der Waals surface area contributed by atoms with Crippen LogP contribution < -0.4 is 30.8 Å². The van der Waals surface area contributed by atoms with Gasteiger partial charge in [0.2, 0.25) is 11.7 Å². The lowest BCUT2D eigenvalue weighted by Gasteiger charge is -2.19. The fourth-order valence-electron chi connectivity index (χ4n) is 3.75. The van der Waals surface area contributed by atoms with Crippen LogP contribution in [0.2, 0.25) is 0 Å². The number of carbonyl (C=O) groups excluding carboxylic acids is 1. The largest absolute Gasteiger partial charge is 0.493 e. The van der Waals surface area contributed by atoms with Crippen LogP contribution in [-0.4, -0.2) is 30.0 Å². The lowest BCUT2D eigenvalue weighted by Crippen LogP contribution is -2.13. The number of hydrogen-bond donors (Lipinski definition) is 3. The van der Waals surface area contributed by atoms with E-state index in [0.29, 0.717) is 34.9 Å². The number of aromatic nitrogens is 2. The minimum absolute atomic E-state index is 0.000275. The highest BCUT2D eigenvalue weighted by Crippen LogP contribution is 2.40. The number of benzene rings is 2. The summed E-state index contributed by atoms with van der Waals surface area (Å²) >= 11 is 0. The van der Waals surface area contributed by atoms with Crippen molar-refractivity contribution in [1.82, 2.24) is 9.97 Å². The van der Waals surface area contributed by atoms with Gasteiger partial charge in [-0.1, -0.05) is 12.1 Å². The molecule has 170 valence electrons. The minimum Gasteiger partial charge on any atom is -0.493 e. The molecular weight excluding hydrogens is 428 g/mol. The van der Waals surface area contributed by atoms with Crippen molar-refractivity contribution in [3.8, 4) is 17.2 Å². The van der Waals surface area contributed by atoms with Crippen molar-refractivity contribution < 1.29 is 19.1 Å². The Labute approximate surface area is 189 Å². The average molecular weight is 450 g/mol. The van der Waals surface area contributed by atoms with Crippen molar-refractivity contribution in [1.29, 1.82) is 0 Å². The van der Waals surface area contributed by atoms with E-state index in [4.69, 9.17) is 20.2 Å². The molecule has 0 saturated carbocycles. The Hall–Kier alpha value is -4.25. The van der Waals surface area contributed by atoms with Gasteiger partial charge in [0.25, 0.3) is 0 Å². The number of methoxy groups -OCH3 is 2. The quantitative estimate of drug-likeness (QED) is 0.337. The molecule has 0 aliphatic heterocycles. The molecule has 0 amide bonds. The number of rotatable bonds is 8. The molecule has 11 nitrogen and oxygen atoms in total. The smallest absolute Gasteiger partial charge is 0.229 e. The second kappa shape index (κ2) is 9.49. The summed E-state index contributed by atoms with van der Waals surface area (Å²) in [6, 6.07) is 8.78. The van der Waals surface area contributed by atoms with Crippen LogP contribution in [0.4, 0.5) is 28.8 Å². The van der Waals surface area contributed by atoms with E-state index in [0.717, 1.165) is 18.4 Å². The monoisotopic (exact) mass is 450 g/mol. The van der Waals surface area contributed by atoms with Gasteiger partial charge in [0, 0.05) is 29.8 Å². The first kappa shape index (κ1) is 22.0. The third-order valence-electron chi connectivity index (χ3n) is 5.23. The Bertz CT molecular complexity index is 1190. The summed E-state index contributed by atoms with van der Waals surface area (Å²) in [7, 11) is 2.94. The Kier molecular flexibility index (Phi) is 6.31. The van der Waals surface area contributed by atoms with E-state index < -0.39 is 0 Å². The van der Waals surface area contributed by atoms with Crippen LogP contribution in [0.1, 0.15) is 28.8 Å². The number of nitroso groups, excluding NO2 is 1. The third kappa shape index (κ3) is 4.39. The molecule has 0 fully saturated rings. The van der Waals surface area contributed by atoms with E-state index in [2.05, 4.69) is 25.8 Å². The molecule has 0 unspecified atom stereocenters. The number of nitrogens with zero attached hydrogens (tertiary/aromatic N) is 3. The molecule has 0 radical (unpaired) electrons. The Morgan fingerprint density at radius 3 is 2.64 bits per heavy atom. The van der Waals surface area contributed by atoms with E-state index in [-0.39, 0.29) is 29.0 Å². The number of hydrogen-bond acceptors (Lipinski definition) is 11. The van der Waals surface area contributed by atoms with Gasteiger partial charge in [0.15, 0.2) is 28.8 Å². The molecule has 0 atom stereocenters. The van der Waals surface area contributed by atoms with Gasteiger partial charge in [-0.25, -0.2) is 4.98 Å². The van der Waals surface area contributed by atoms with Gasteiger partial charge < -0.3 is 24.9 Å². The summed E-state index contributed by atoms with van der Waals surface area (Å²) in [5.41, 5.74) is 2.64. The molecule has 0 saturated heterocycles. The van der Waals surface area contributed by atoms with Gasteiger partial charge in [0.1, 0.15) is 0 Å². The topological polar surface area (TPSA) is 150 Å². The molecule has 1 aromatic heterocycles. The van der Waals surface area contributed by atoms with Crippen molar-refractivity contribution in [2.75, 3.05) is 24.9 Å². The Morgan fingerprint density at radius 2 is 1.91 bits per heavy atom. The van der Waals surface area contributed by atoms with Crippen LogP contribution in [0.25, 0.3) is 0 Å². The second-order valence-corrected chi connectivity index (χ2v) is 7.21. The minimum atomic E-state index is -0.000275. The maximum atomic E-state index is 12.5. The summed E-state index contributed by atoms with van der Waals surface area (Å²) in [6.07, 6.45) is 3.39. The first-order valence-corrected chi connectivity index (χ1v) is 10.1. The van der Waals surface area contributed by atoms with E-state index in [1.165, 1.54) is 20.4 Å². The SMILES string of the molecule is COc1cc(Nc2ncc(N=O)c(Nc3cccc4c3C(=O)CCC4)n2)cc(ON)c1OC. The molecule has 1 aliphatic rings. The molecule has 0 spiro atoms. The molecule has 11 heteroatoms. The van der Waals surface area contributed by atoms with Gasteiger partial charge in [0.05, 0.1) is 26.1 Å². The lowest BCUT2D eigenvalue weighted by molar-refractivity contribution is 0.0973. The Balaban J connectivity index is 1.68. The number of nitrogens with two attached hydrogens (primary N) is 1. The predicted molar refractivity (Wildman–Crippen MR) is 122 cm³/mol. The summed E-state index contributed by atoms with van der Waals surface area (Å²) in [4.78, 5) is 37.3. The summed E-state index contributed by atoms with van der Waals surface area (Å²) < 4.78 is 10.6. The van der Waals surface area contributed by atoms with Gasteiger partial charge in [-0.3, -0.25) is 4.79 Å². The second-order valence-electron chi connectivity index (χ2n) is 7.21. The van der Waals surface area contributed by atoms with Gasteiger partial charge in [-0.2, -0.15) is 10.9 Å². The predicted octanol–water partition coefficient (Wildman–Crippen LogP) is 4.15. The molecule has 3 aromatic rings. The standard InChI is InChI=1S/C22H22N6O5/c1-31-17-9-13(10-18(33-23)20(17)32-2)25-22-24-11-15(28-30)21(27-22)26-14-7-3-5-12-6-4-8-16(29)19(12)14/h3,5,7,9-11H,4,6,8,23H2,1-2H3,(H2,24,25,26,27). The number of Topliss-reactive ketones (excluding diaryl/α,β-unsaturated/α-hetero) is 1. The molecule has 0 bridgehead atoms. The highest BCUT2D eigenvalue weighted by atomic mass is 16.6. The number of nitrogens with one attached hydrogen (secondary N) is 2. The number of fused-ring (bicyclic) bond motifs is 1. The fourth-order valence-corrected chi connectivity index (χ4v) is 3.75. The number of ketones is 1. The molecule has 4 N–H and O–H groups in total. The van der Waals surface area contributed by atoms with Crippen LogP contribution in [-0.2, 0) is 6.42 Å². The van der Waals surface area contributed by atoms with E-state index in [1.807, 2.05) is 12.1 Å². The van der Waals surface area contributed by atoms with Gasteiger partial charge in [-0.05, 0) is 29.6 Å². The first-order chi connectivity index (χ1) is 16.1. The van der Waals surface area contributed by atoms with E-state index in [9.17, 15) is 9.70 Å². The zero-order valence-corrected chi connectivity index (χ0v) is 18.0. The molecule has 2 aromatic carbocycles.